The van der Waals surface area contributed by atoms with Crippen molar-refractivity contribution in [3.8, 4) is 0 Å². The summed E-state index contributed by atoms with van der Waals surface area (Å²) >= 11 is 6.49. The number of halogens is 2. The molecule has 0 bridgehead atoms. The van der Waals surface area contributed by atoms with Crippen LogP contribution in [0.15, 0.2) is 21.1 Å². The molecule has 7 heteroatoms. The molecule has 1 aliphatic rings. The molecule has 2 amide bonds. The van der Waals surface area contributed by atoms with E-state index >= 15 is 0 Å². The third kappa shape index (κ3) is 3.52. The lowest BCUT2D eigenvalue weighted by atomic mass is 10.2. The molecule has 5 nitrogen and oxygen atoms in total. The molecule has 0 saturated heterocycles. The summed E-state index contributed by atoms with van der Waals surface area (Å²) in [5.41, 5.74) is 0.288. The molecule has 108 valence electrons. The molecular formula is C13H14Br2N2O3. The quantitative estimate of drug-likeness (QED) is 0.712. The van der Waals surface area contributed by atoms with Gasteiger partial charge in [-0.1, -0.05) is 29.3 Å². The van der Waals surface area contributed by atoms with E-state index in [0.717, 1.165) is 12.8 Å². The minimum absolute atomic E-state index is 0.0317. The van der Waals surface area contributed by atoms with Crippen LogP contribution in [0.25, 0.3) is 0 Å². The zero-order valence-corrected chi connectivity index (χ0v) is 13.9. The van der Waals surface area contributed by atoms with Crippen molar-refractivity contribution in [3.63, 3.8) is 0 Å². The van der Waals surface area contributed by atoms with Crippen molar-refractivity contribution in [2.24, 2.45) is 5.92 Å². The van der Waals surface area contributed by atoms with Crippen molar-refractivity contribution < 1.29 is 14.7 Å². The van der Waals surface area contributed by atoms with E-state index in [2.05, 4.69) is 49.4 Å². The fraction of sp³-hybridized carbons (Fsp3) is 0.385. The number of rotatable bonds is 4. The molecule has 1 aromatic carbocycles. The van der Waals surface area contributed by atoms with E-state index in [4.69, 9.17) is 0 Å². The van der Waals surface area contributed by atoms with Crippen molar-refractivity contribution in [3.05, 3.63) is 26.6 Å². The number of carbonyl (C=O) groups excluding carboxylic acids is 1. The number of carbonyl (C=O) groups is 2. The van der Waals surface area contributed by atoms with Crippen LogP contribution < -0.4 is 10.6 Å². The zero-order chi connectivity index (χ0) is 14.9. The summed E-state index contributed by atoms with van der Waals surface area (Å²) in [7, 11) is 0. The smallest absolute Gasteiger partial charge is 0.337 e. The first-order valence-electron chi connectivity index (χ1n) is 6.22. The van der Waals surface area contributed by atoms with Crippen LogP contribution in [0.2, 0.25) is 0 Å². The van der Waals surface area contributed by atoms with Gasteiger partial charge >= 0.3 is 12.0 Å². The Morgan fingerprint density at radius 3 is 2.65 bits per heavy atom. The van der Waals surface area contributed by atoms with Crippen LogP contribution in [-0.4, -0.2) is 23.1 Å². The number of aromatic carboxylic acids is 1. The van der Waals surface area contributed by atoms with Crippen molar-refractivity contribution in [2.75, 3.05) is 5.32 Å². The fourth-order valence-corrected chi connectivity index (χ4v) is 3.39. The summed E-state index contributed by atoms with van der Waals surface area (Å²) in [5, 5.41) is 14.6. The Hall–Kier alpha value is -1.08. The Morgan fingerprint density at radius 2 is 2.10 bits per heavy atom. The maximum Gasteiger partial charge on any atom is 0.337 e. The van der Waals surface area contributed by atoms with E-state index in [0.29, 0.717) is 14.9 Å². The molecule has 2 rings (SSSR count). The molecule has 0 spiro atoms. The van der Waals surface area contributed by atoms with Gasteiger partial charge in [0.15, 0.2) is 0 Å². The lowest BCUT2D eigenvalue weighted by molar-refractivity contribution is 0.0698. The van der Waals surface area contributed by atoms with Gasteiger partial charge in [0.25, 0.3) is 0 Å². The normalized spacial score (nSPS) is 20.4. The predicted molar refractivity (Wildman–Crippen MR) is 83.1 cm³/mol. The number of nitrogens with one attached hydrogen (secondary N) is 2. The largest absolute Gasteiger partial charge is 0.478 e. The molecule has 2 atom stereocenters. The van der Waals surface area contributed by atoms with Gasteiger partial charge in [-0.05, 0) is 40.4 Å². The van der Waals surface area contributed by atoms with Gasteiger partial charge in [-0.25, -0.2) is 9.59 Å². The molecule has 0 aromatic heterocycles. The number of anilines is 1. The highest BCUT2D eigenvalue weighted by Crippen LogP contribution is 2.34. The van der Waals surface area contributed by atoms with E-state index < -0.39 is 5.97 Å². The van der Waals surface area contributed by atoms with Gasteiger partial charge < -0.3 is 15.7 Å². The second-order valence-corrected chi connectivity index (χ2v) is 6.49. The summed E-state index contributed by atoms with van der Waals surface area (Å²) in [5.74, 6) is -0.562. The molecule has 0 aliphatic heterocycles. The van der Waals surface area contributed by atoms with Crippen LogP contribution in [-0.2, 0) is 0 Å². The number of carboxylic acid groups (broad SMARTS) is 1. The summed E-state index contributed by atoms with van der Waals surface area (Å²) in [4.78, 5) is 23.1. The van der Waals surface area contributed by atoms with E-state index in [1.807, 2.05) is 0 Å². The number of hydrogen-bond acceptors (Lipinski definition) is 2. The van der Waals surface area contributed by atoms with Gasteiger partial charge in [0.1, 0.15) is 0 Å². The Bertz CT molecular complexity index is 563. The second kappa shape index (κ2) is 6.13. The van der Waals surface area contributed by atoms with Crippen LogP contribution in [0.1, 0.15) is 30.1 Å². The lowest BCUT2D eigenvalue weighted by Crippen LogP contribution is -2.32. The Kier molecular flexibility index (Phi) is 4.70. The Morgan fingerprint density at radius 1 is 1.40 bits per heavy atom. The average molecular weight is 406 g/mol. The van der Waals surface area contributed by atoms with Gasteiger partial charge in [-0.2, -0.15) is 0 Å². The van der Waals surface area contributed by atoms with Crippen LogP contribution >= 0.6 is 31.9 Å². The van der Waals surface area contributed by atoms with Crippen molar-refractivity contribution in [1.82, 2.24) is 5.32 Å². The van der Waals surface area contributed by atoms with Crippen LogP contribution in [0.4, 0.5) is 10.5 Å². The number of hydrogen-bond donors (Lipinski definition) is 3. The van der Waals surface area contributed by atoms with Gasteiger partial charge in [-0.3, -0.25) is 0 Å². The SMILES string of the molecule is CCC1CC1NC(=O)Nc1c(Br)cc(Br)cc1C(=O)O. The van der Waals surface area contributed by atoms with Crippen molar-refractivity contribution in [2.45, 2.75) is 25.8 Å². The topological polar surface area (TPSA) is 78.4 Å². The molecular weight excluding hydrogens is 392 g/mol. The number of carboxylic acids is 1. The number of urea groups is 1. The Balaban J connectivity index is 2.12. The summed E-state index contributed by atoms with van der Waals surface area (Å²) in [6.07, 6.45) is 2.02. The van der Waals surface area contributed by atoms with Crippen molar-refractivity contribution in [1.29, 1.82) is 0 Å². The third-order valence-corrected chi connectivity index (χ3v) is 4.37. The monoisotopic (exact) mass is 404 g/mol. The van der Waals surface area contributed by atoms with Gasteiger partial charge in [-0.15, -0.1) is 0 Å². The molecule has 1 fully saturated rings. The molecule has 1 saturated carbocycles. The third-order valence-electron chi connectivity index (χ3n) is 3.29. The summed E-state index contributed by atoms with van der Waals surface area (Å²) < 4.78 is 1.14. The van der Waals surface area contributed by atoms with E-state index in [1.165, 1.54) is 6.07 Å². The summed E-state index contributed by atoms with van der Waals surface area (Å²) in [6, 6.07) is 2.96. The van der Waals surface area contributed by atoms with Gasteiger partial charge in [0.05, 0.1) is 11.3 Å². The highest BCUT2D eigenvalue weighted by atomic mass is 79.9. The Labute approximate surface area is 133 Å². The number of amides is 2. The minimum Gasteiger partial charge on any atom is -0.478 e. The first-order chi connectivity index (χ1) is 9.42. The van der Waals surface area contributed by atoms with Crippen LogP contribution in [0.5, 0.6) is 0 Å². The van der Waals surface area contributed by atoms with E-state index in [-0.39, 0.29) is 23.3 Å². The highest BCUT2D eigenvalue weighted by Gasteiger charge is 2.36. The molecule has 0 heterocycles. The molecule has 2 unspecified atom stereocenters. The maximum atomic E-state index is 11.9. The van der Waals surface area contributed by atoms with E-state index in [1.54, 1.807) is 6.07 Å². The fourth-order valence-electron chi connectivity index (χ4n) is 2.06. The zero-order valence-electron chi connectivity index (χ0n) is 10.7. The lowest BCUT2D eigenvalue weighted by Gasteiger charge is -2.12. The van der Waals surface area contributed by atoms with Crippen LogP contribution in [0, 0.1) is 5.92 Å². The number of benzene rings is 1. The van der Waals surface area contributed by atoms with Gasteiger partial charge in [0.2, 0.25) is 0 Å². The van der Waals surface area contributed by atoms with E-state index in [9.17, 15) is 14.7 Å². The predicted octanol–water partition coefficient (Wildman–Crippen LogP) is 3.83. The molecule has 1 aliphatic carbocycles. The highest BCUT2D eigenvalue weighted by molar-refractivity contribution is 9.11. The first-order valence-corrected chi connectivity index (χ1v) is 7.80. The maximum absolute atomic E-state index is 11.9. The molecule has 20 heavy (non-hydrogen) atoms. The first kappa shape index (κ1) is 15.3. The average Bonchev–Trinajstić information content (AvgIpc) is 3.10. The van der Waals surface area contributed by atoms with Gasteiger partial charge in [0, 0.05) is 15.0 Å². The molecule has 3 N–H and O–H groups in total. The standard InChI is InChI=1S/C13H14Br2N2O3/c1-2-6-3-10(6)16-13(20)17-11-8(12(18)19)4-7(14)5-9(11)15/h4-6,10H,2-3H2,1H3,(H,18,19)(H2,16,17,20). The molecule has 0 radical (unpaired) electrons. The molecule has 1 aromatic rings. The van der Waals surface area contributed by atoms with Crippen LogP contribution in [0.3, 0.4) is 0 Å². The van der Waals surface area contributed by atoms with Crippen molar-refractivity contribution >= 4 is 49.5 Å². The summed E-state index contributed by atoms with van der Waals surface area (Å²) in [6.45, 7) is 2.08. The minimum atomic E-state index is -1.10. The second-order valence-electron chi connectivity index (χ2n) is 4.72.